The molecule has 3 aromatic rings. The number of para-hydroxylation sites is 1. The maximum absolute atomic E-state index is 13.6. The number of sulfonamides is 1. The molecule has 0 bridgehead atoms. The fourth-order valence-electron chi connectivity index (χ4n) is 3.89. The topological polar surface area (TPSA) is 62.4 Å². The molecule has 0 radical (unpaired) electrons. The van der Waals surface area contributed by atoms with E-state index in [9.17, 15) is 8.42 Å². The number of methoxy groups -OCH3 is 1. The number of ether oxygens (including phenoxy) is 1. The summed E-state index contributed by atoms with van der Waals surface area (Å²) in [7, 11) is -2.16. The summed E-state index contributed by atoms with van der Waals surface area (Å²) in [5.74, 6) is 0.390. The second-order valence-corrected chi connectivity index (χ2v) is 8.95. The molecule has 1 N–H and O–H groups in total. The quantitative estimate of drug-likeness (QED) is 0.725. The van der Waals surface area contributed by atoms with Crippen LogP contribution in [0.2, 0.25) is 0 Å². The monoisotopic (exact) mass is 384 g/mol. The van der Waals surface area contributed by atoms with Crippen LogP contribution in [0.5, 0.6) is 5.75 Å². The molecule has 1 atom stereocenters. The molecule has 27 heavy (non-hydrogen) atoms. The van der Waals surface area contributed by atoms with Gasteiger partial charge < -0.3 is 9.72 Å². The number of aromatic nitrogens is 1. The van der Waals surface area contributed by atoms with Crippen molar-refractivity contribution in [3.8, 4) is 5.75 Å². The number of rotatable bonds is 4. The number of piperidine rings is 1. The van der Waals surface area contributed by atoms with Gasteiger partial charge in [0.15, 0.2) is 0 Å². The zero-order valence-corrected chi connectivity index (χ0v) is 16.4. The lowest BCUT2D eigenvalue weighted by atomic mass is 10.0. The summed E-state index contributed by atoms with van der Waals surface area (Å²) in [5, 5.41) is 1.10. The summed E-state index contributed by atoms with van der Waals surface area (Å²) in [6, 6.07) is 15.2. The minimum Gasteiger partial charge on any atom is -0.495 e. The van der Waals surface area contributed by atoms with E-state index >= 15 is 0 Å². The summed E-state index contributed by atoms with van der Waals surface area (Å²) in [6.45, 7) is 2.41. The van der Waals surface area contributed by atoms with Crippen LogP contribution in [0.3, 0.4) is 0 Å². The molecular weight excluding hydrogens is 360 g/mol. The van der Waals surface area contributed by atoms with Crippen LogP contribution in [0.4, 0.5) is 0 Å². The van der Waals surface area contributed by atoms with Crippen molar-refractivity contribution in [1.29, 1.82) is 0 Å². The highest BCUT2D eigenvalue weighted by molar-refractivity contribution is 7.89. The first kappa shape index (κ1) is 18.1. The Balaban J connectivity index is 1.79. The van der Waals surface area contributed by atoms with E-state index in [1.54, 1.807) is 16.4 Å². The number of hydrogen-bond acceptors (Lipinski definition) is 3. The predicted octanol–water partition coefficient (Wildman–Crippen LogP) is 4.40. The molecule has 0 aliphatic carbocycles. The first-order chi connectivity index (χ1) is 13.0. The van der Waals surface area contributed by atoms with Crippen molar-refractivity contribution in [2.45, 2.75) is 37.1 Å². The molecule has 1 saturated heterocycles. The van der Waals surface area contributed by atoms with E-state index in [-0.39, 0.29) is 10.9 Å². The molecule has 1 aliphatic rings. The van der Waals surface area contributed by atoms with E-state index in [0.29, 0.717) is 12.3 Å². The summed E-state index contributed by atoms with van der Waals surface area (Å²) >= 11 is 0. The van der Waals surface area contributed by atoms with Crippen LogP contribution >= 0.6 is 0 Å². The maximum atomic E-state index is 13.6. The van der Waals surface area contributed by atoms with Crippen molar-refractivity contribution in [1.82, 2.24) is 9.29 Å². The Kier molecular flexibility index (Phi) is 4.70. The van der Waals surface area contributed by atoms with E-state index < -0.39 is 10.0 Å². The third-order valence-corrected chi connectivity index (χ3v) is 7.20. The third kappa shape index (κ3) is 3.24. The van der Waals surface area contributed by atoms with Crippen LogP contribution in [0.15, 0.2) is 53.4 Å². The second kappa shape index (κ2) is 7.02. The van der Waals surface area contributed by atoms with Gasteiger partial charge in [-0.3, -0.25) is 0 Å². The van der Waals surface area contributed by atoms with Gasteiger partial charge in [0.25, 0.3) is 0 Å². The molecule has 1 aromatic heterocycles. The smallest absolute Gasteiger partial charge is 0.247 e. The number of H-pyrrole nitrogens is 1. The largest absolute Gasteiger partial charge is 0.495 e. The van der Waals surface area contributed by atoms with Crippen molar-refractivity contribution < 1.29 is 13.2 Å². The van der Waals surface area contributed by atoms with Gasteiger partial charge in [0.1, 0.15) is 10.6 Å². The Morgan fingerprint density at radius 2 is 1.93 bits per heavy atom. The average Bonchev–Trinajstić information content (AvgIpc) is 3.12. The first-order valence-corrected chi connectivity index (χ1v) is 10.7. The van der Waals surface area contributed by atoms with E-state index in [1.807, 2.05) is 37.3 Å². The van der Waals surface area contributed by atoms with Gasteiger partial charge in [0.2, 0.25) is 10.0 Å². The van der Waals surface area contributed by atoms with Crippen LogP contribution < -0.4 is 4.74 Å². The van der Waals surface area contributed by atoms with Crippen LogP contribution in [-0.4, -0.2) is 31.4 Å². The van der Waals surface area contributed by atoms with Gasteiger partial charge in [-0.25, -0.2) is 8.42 Å². The Morgan fingerprint density at radius 3 is 2.70 bits per heavy atom. The molecule has 5 nitrogen and oxygen atoms in total. The molecule has 1 aliphatic heterocycles. The van der Waals surface area contributed by atoms with Gasteiger partial charge in [-0.1, -0.05) is 30.7 Å². The molecule has 1 unspecified atom stereocenters. The number of nitrogens with zero attached hydrogens (tertiary/aromatic N) is 1. The van der Waals surface area contributed by atoms with Gasteiger partial charge in [0, 0.05) is 17.8 Å². The van der Waals surface area contributed by atoms with Gasteiger partial charge in [-0.05, 0) is 55.0 Å². The minimum absolute atomic E-state index is 0.193. The van der Waals surface area contributed by atoms with E-state index in [1.165, 1.54) is 7.11 Å². The SMILES string of the molecule is COc1ccc(C)cc1S(=O)(=O)N1CCCCC1c1cc2ccccc2[nH]1. The number of fused-ring (bicyclic) bond motifs is 1. The Bertz CT molecular complexity index is 1040. The van der Waals surface area contributed by atoms with Gasteiger partial charge in [-0.15, -0.1) is 0 Å². The fraction of sp³-hybridized carbons (Fsp3) is 0.333. The van der Waals surface area contributed by atoms with Crippen molar-refractivity contribution >= 4 is 20.9 Å². The van der Waals surface area contributed by atoms with Gasteiger partial charge in [-0.2, -0.15) is 4.31 Å². The first-order valence-electron chi connectivity index (χ1n) is 9.25. The average molecular weight is 385 g/mol. The zero-order chi connectivity index (χ0) is 19.0. The van der Waals surface area contributed by atoms with Crippen LogP contribution in [0.1, 0.15) is 36.6 Å². The highest BCUT2D eigenvalue weighted by atomic mass is 32.2. The molecule has 6 heteroatoms. The lowest BCUT2D eigenvalue weighted by Gasteiger charge is -2.34. The fourth-order valence-corrected chi connectivity index (χ4v) is 5.81. The predicted molar refractivity (Wildman–Crippen MR) is 107 cm³/mol. The lowest BCUT2D eigenvalue weighted by molar-refractivity contribution is 0.251. The van der Waals surface area contributed by atoms with E-state index in [4.69, 9.17) is 4.74 Å². The number of aryl methyl sites for hydroxylation is 1. The third-order valence-electron chi connectivity index (χ3n) is 5.27. The maximum Gasteiger partial charge on any atom is 0.247 e. The summed E-state index contributed by atoms with van der Waals surface area (Å²) in [6.07, 6.45) is 2.68. The van der Waals surface area contributed by atoms with Crippen LogP contribution in [-0.2, 0) is 10.0 Å². The van der Waals surface area contributed by atoms with E-state index in [2.05, 4.69) is 11.1 Å². The van der Waals surface area contributed by atoms with Crippen LogP contribution in [0.25, 0.3) is 10.9 Å². The van der Waals surface area contributed by atoms with Crippen LogP contribution in [0, 0.1) is 6.92 Å². The second-order valence-electron chi connectivity index (χ2n) is 7.09. The summed E-state index contributed by atoms with van der Waals surface area (Å²) in [5.41, 5.74) is 2.88. The molecule has 2 heterocycles. The molecular formula is C21H24N2O3S. The molecule has 142 valence electrons. The molecule has 0 spiro atoms. The molecule has 4 rings (SSSR count). The highest BCUT2D eigenvalue weighted by Gasteiger charge is 2.36. The Labute approximate surface area is 160 Å². The standard InChI is InChI=1S/C21H24N2O3S/c1-15-10-11-20(26-2)21(13-15)27(24,25)23-12-6-5-9-19(23)18-14-16-7-3-4-8-17(16)22-18/h3-4,7-8,10-11,13-14,19,22H,5-6,9,12H2,1-2H3. The lowest BCUT2D eigenvalue weighted by Crippen LogP contribution is -2.38. The van der Waals surface area contributed by atoms with Gasteiger partial charge in [0.05, 0.1) is 13.2 Å². The number of hydrogen-bond donors (Lipinski definition) is 1. The molecule has 2 aromatic carbocycles. The molecule has 0 amide bonds. The van der Waals surface area contributed by atoms with E-state index in [0.717, 1.165) is 41.4 Å². The Hall–Kier alpha value is -2.31. The zero-order valence-electron chi connectivity index (χ0n) is 15.6. The highest BCUT2D eigenvalue weighted by Crippen LogP contribution is 2.38. The summed E-state index contributed by atoms with van der Waals surface area (Å²) < 4.78 is 34.1. The number of nitrogens with one attached hydrogen (secondary N) is 1. The summed E-state index contributed by atoms with van der Waals surface area (Å²) in [4.78, 5) is 3.66. The molecule has 0 saturated carbocycles. The van der Waals surface area contributed by atoms with Crippen molar-refractivity contribution in [2.24, 2.45) is 0 Å². The van der Waals surface area contributed by atoms with Gasteiger partial charge >= 0.3 is 0 Å². The van der Waals surface area contributed by atoms with Crippen molar-refractivity contribution in [2.75, 3.05) is 13.7 Å². The van der Waals surface area contributed by atoms with Crippen molar-refractivity contribution in [3.05, 3.63) is 59.8 Å². The number of aromatic amines is 1. The van der Waals surface area contributed by atoms with Crippen molar-refractivity contribution in [3.63, 3.8) is 0 Å². The number of benzene rings is 2. The minimum atomic E-state index is -3.67. The molecule has 1 fully saturated rings. The Morgan fingerprint density at radius 1 is 1.11 bits per heavy atom. The normalized spacial score (nSPS) is 18.7.